The molecule has 22 heavy (non-hydrogen) atoms. The molecule has 1 aromatic carbocycles. The van der Waals surface area contributed by atoms with Crippen LogP contribution in [-0.2, 0) is 4.74 Å². The third-order valence-corrected chi connectivity index (χ3v) is 3.78. The lowest BCUT2D eigenvalue weighted by molar-refractivity contribution is 0.0527. The Morgan fingerprint density at radius 2 is 2.09 bits per heavy atom. The molecule has 1 saturated carbocycles. The van der Waals surface area contributed by atoms with Crippen LogP contribution in [0.15, 0.2) is 35.6 Å². The van der Waals surface area contributed by atoms with Crippen molar-refractivity contribution in [3.63, 3.8) is 0 Å². The number of hydrogen-bond donors (Lipinski definition) is 1. The van der Waals surface area contributed by atoms with E-state index in [2.05, 4.69) is 15.5 Å². The van der Waals surface area contributed by atoms with Gasteiger partial charge in [0.05, 0.1) is 17.8 Å². The smallest absolute Gasteiger partial charge is 0.341 e. The average molecular weight is 297 g/mol. The molecule has 1 N–H and O–H groups in total. The van der Waals surface area contributed by atoms with Gasteiger partial charge in [0.1, 0.15) is 5.56 Å². The van der Waals surface area contributed by atoms with Crippen LogP contribution in [-0.4, -0.2) is 23.3 Å². The molecule has 1 aliphatic carbocycles. The highest BCUT2D eigenvalue weighted by Crippen LogP contribution is 2.27. The monoisotopic (exact) mass is 297 g/mol. The summed E-state index contributed by atoms with van der Waals surface area (Å²) in [6.45, 7) is 2.12. The van der Waals surface area contributed by atoms with Crippen molar-refractivity contribution >= 4 is 28.3 Å². The number of nitrogens with zero attached hydrogens (tertiary/aromatic N) is 2. The Balaban J connectivity index is 2.03. The van der Waals surface area contributed by atoms with Crippen LogP contribution >= 0.6 is 0 Å². The summed E-state index contributed by atoms with van der Waals surface area (Å²) in [5.74, 6) is -0.380. The highest BCUT2D eigenvalue weighted by molar-refractivity contribution is 6.05. The minimum absolute atomic E-state index is 0.333. The predicted molar refractivity (Wildman–Crippen MR) is 87.2 cm³/mol. The second-order valence-electron chi connectivity index (χ2n) is 5.28. The number of ether oxygens (including phenoxy) is 1. The zero-order valence-electron chi connectivity index (χ0n) is 12.6. The van der Waals surface area contributed by atoms with Gasteiger partial charge in [-0.05, 0) is 38.7 Å². The first-order valence-corrected chi connectivity index (χ1v) is 7.66. The molecule has 0 atom stereocenters. The van der Waals surface area contributed by atoms with E-state index in [1.165, 1.54) is 12.8 Å². The first kappa shape index (κ1) is 14.5. The number of carbonyl (C=O) groups is 1. The zero-order chi connectivity index (χ0) is 15.4. The Labute approximate surface area is 129 Å². The van der Waals surface area contributed by atoms with Crippen LogP contribution < -0.4 is 5.43 Å². The molecule has 5 nitrogen and oxygen atoms in total. The fraction of sp³-hybridized carbons (Fsp3) is 0.353. The number of hydrazone groups is 1. The maximum atomic E-state index is 12.2. The molecule has 3 rings (SSSR count). The Morgan fingerprint density at radius 1 is 1.32 bits per heavy atom. The van der Waals surface area contributed by atoms with E-state index in [0.717, 1.165) is 29.5 Å². The number of para-hydroxylation sites is 1. The standard InChI is InChI=1S/C17H19N3O2/c1-2-22-17(21)14-11-18-15-10-6-5-9-13(15)16(14)20-19-12-7-3-4-8-12/h5-6,9-11H,2-4,7-8H2,1H3,(H,18,20). The lowest BCUT2D eigenvalue weighted by Gasteiger charge is -2.11. The molecule has 1 fully saturated rings. The number of fused-ring (bicyclic) bond motifs is 1. The number of pyridine rings is 1. The van der Waals surface area contributed by atoms with E-state index in [-0.39, 0.29) is 5.97 Å². The van der Waals surface area contributed by atoms with Gasteiger partial charge in [-0.15, -0.1) is 0 Å². The summed E-state index contributed by atoms with van der Waals surface area (Å²) in [5.41, 5.74) is 6.15. The number of aromatic nitrogens is 1. The lowest BCUT2D eigenvalue weighted by atomic mass is 10.1. The molecule has 0 unspecified atom stereocenters. The summed E-state index contributed by atoms with van der Waals surface area (Å²) < 4.78 is 5.12. The molecule has 0 amide bonds. The van der Waals surface area contributed by atoms with Gasteiger partial charge in [-0.1, -0.05) is 18.2 Å². The van der Waals surface area contributed by atoms with E-state index in [4.69, 9.17) is 4.74 Å². The van der Waals surface area contributed by atoms with Crippen LogP contribution in [0, 0.1) is 0 Å². The molecule has 114 valence electrons. The summed E-state index contributed by atoms with van der Waals surface area (Å²) in [5, 5.41) is 5.35. The number of hydrogen-bond acceptors (Lipinski definition) is 5. The molecule has 1 aliphatic rings. The number of anilines is 1. The van der Waals surface area contributed by atoms with E-state index in [1.807, 2.05) is 24.3 Å². The summed E-state index contributed by atoms with van der Waals surface area (Å²) >= 11 is 0. The van der Waals surface area contributed by atoms with Gasteiger partial charge in [-0.2, -0.15) is 5.10 Å². The third-order valence-electron chi connectivity index (χ3n) is 3.78. The average Bonchev–Trinajstić information content (AvgIpc) is 3.06. The van der Waals surface area contributed by atoms with E-state index in [1.54, 1.807) is 13.1 Å². The van der Waals surface area contributed by atoms with Crippen molar-refractivity contribution in [2.24, 2.45) is 5.10 Å². The van der Waals surface area contributed by atoms with Crippen molar-refractivity contribution in [3.05, 3.63) is 36.0 Å². The second-order valence-corrected chi connectivity index (χ2v) is 5.28. The molecule has 1 aromatic heterocycles. The minimum atomic E-state index is -0.380. The van der Waals surface area contributed by atoms with Crippen LogP contribution in [0.3, 0.4) is 0 Å². The molecular weight excluding hydrogens is 278 g/mol. The first-order chi connectivity index (χ1) is 10.8. The van der Waals surface area contributed by atoms with E-state index in [9.17, 15) is 4.79 Å². The zero-order valence-corrected chi connectivity index (χ0v) is 12.6. The fourth-order valence-corrected chi connectivity index (χ4v) is 2.66. The minimum Gasteiger partial charge on any atom is -0.462 e. The molecule has 0 saturated heterocycles. The van der Waals surface area contributed by atoms with Crippen molar-refractivity contribution in [3.8, 4) is 0 Å². The maximum absolute atomic E-state index is 12.2. The first-order valence-electron chi connectivity index (χ1n) is 7.66. The fourth-order valence-electron chi connectivity index (χ4n) is 2.66. The SMILES string of the molecule is CCOC(=O)c1cnc2ccccc2c1NN=C1CCCC1. The molecule has 2 aromatic rings. The number of carbonyl (C=O) groups excluding carboxylic acids is 1. The van der Waals surface area contributed by atoms with E-state index >= 15 is 0 Å². The van der Waals surface area contributed by atoms with Crippen LogP contribution in [0.5, 0.6) is 0 Å². The molecule has 0 radical (unpaired) electrons. The Bertz CT molecular complexity index is 717. The van der Waals surface area contributed by atoms with Crippen LogP contribution in [0.2, 0.25) is 0 Å². The normalized spacial score (nSPS) is 14.1. The maximum Gasteiger partial charge on any atom is 0.341 e. The summed E-state index contributed by atoms with van der Waals surface area (Å²) in [4.78, 5) is 16.5. The van der Waals surface area contributed by atoms with Crippen LogP contribution in [0.25, 0.3) is 10.9 Å². The number of benzene rings is 1. The number of rotatable bonds is 4. The van der Waals surface area contributed by atoms with Gasteiger partial charge in [-0.3, -0.25) is 10.4 Å². The van der Waals surface area contributed by atoms with Gasteiger partial charge in [0.15, 0.2) is 0 Å². The Hall–Kier alpha value is -2.43. The van der Waals surface area contributed by atoms with Crippen molar-refractivity contribution in [1.82, 2.24) is 4.98 Å². The quantitative estimate of drug-likeness (QED) is 0.689. The van der Waals surface area contributed by atoms with Crippen molar-refractivity contribution < 1.29 is 9.53 Å². The van der Waals surface area contributed by atoms with E-state index < -0.39 is 0 Å². The van der Waals surface area contributed by atoms with Crippen molar-refractivity contribution in [2.45, 2.75) is 32.6 Å². The van der Waals surface area contributed by atoms with Gasteiger partial charge in [0.25, 0.3) is 0 Å². The van der Waals surface area contributed by atoms with Gasteiger partial charge >= 0.3 is 5.97 Å². The molecule has 1 heterocycles. The number of nitrogens with one attached hydrogen (secondary N) is 1. The lowest BCUT2D eigenvalue weighted by Crippen LogP contribution is -2.09. The van der Waals surface area contributed by atoms with Gasteiger partial charge < -0.3 is 4.74 Å². The molecule has 5 heteroatoms. The number of esters is 1. The highest BCUT2D eigenvalue weighted by Gasteiger charge is 2.17. The van der Waals surface area contributed by atoms with Crippen LogP contribution in [0.1, 0.15) is 43.0 Å². The topological polar surface area (TPSA) is 63.6 Å². The Morgan fingerprint density at radius 3 is 2.86 bits per heavy atom. The van der Waals surface area contributed by atoms with Gasteiger partial charge in [0, 0.05) is 17.3 Å². The molecule has 0 aliphatic heterocycles. The van der Waals surface area contributed by atoms with Crippen molar-refractivity contribution in [2.75, 3.05) is 12.0 Å². The van der Waals surface area contributed by atoms with Gasteiger partial charge in [-0.25, -0.2) is 4.79 Å². The van der Waals surface area contributed by atoms with Gasteiger partial charge in [0.2, 0.25) is 0 Å². The summed E-state index contributed by atoms with van der Waals surface area (Å²) in [6.07, 6.45) is 5.96. The molecule has 0 spiro atoms. The predicted octanol–water partition coefficient (Wildman–Crippen LogP) is 3.75. The molecular formula is C17H19N3O2. The summed E-state index contributed by atoms with van der Waals surface area (Å²) in [6, 6.07) is 7.69. The van der Waals surface area contributed by atoms with Crippen LogP contribution in [0.4, 0.5) is 5.69 Å². The third kappa shape index (κ3) is 2.93. The van der Waals surface area contributed by atoms with E-state index in [0.29, 0.717) is 17.9 Å². The summed E-state index contributed by atoms with van der Waals surface area (Å²) in [7, 11) is 0. The Kier molecular flexibility index (Phi) is 4.32. The highest BCUT2D eigenvalue weighted by atomic mass is 16.5. The largest absolute Gasteiger partial charge is 0.462 e. The second kappa shape index (κ2) is 6.56. The van der Waals surface area contributed by atoms with Crippen molar-refractivity contribution in [1.29, 1.82) is 0 Å². The molecule has 0 bridgehead atoms.